The normalized spacial score (nSPS) is 23.2. The summed E-state index contributed by atoms with van der Waals surface area (Å²) in [5, 5.41) is 6.72. The van der Waals surface area contributed by atoms with Crippen LogP contribution in [0.4, 0.5) is 8.78 Å². The molecular formula is C14H21ClF2N2. The van der Waals surface area contributed by atoms with Crippen molar-refractivity contribution >= 4 is 12.4 Å². The highest BCUT2D eigenvalue weighted by Gasteiger charge is 2.25. The Morgan fingerprint density at radius 3 is 2.74 bits per heavy atom. The maximum absolute atomic E-state index is 13.7. The lowest BCUT2D eigenvalue weighted by atomic mass is 9.93. The minimum atomic E-state index is -0.382. The van der Waals surface area contributed by atoms with Crippen molar-refractivity contribution in [3.05, 3.63) is 35.4 Å². The maximum Gasteiger partial charge on any atom is 0.128 e. The minimum absolute atomic E-state index is 0. The van der Waals surface area contributed by atoms with Crippen molar-refractivity contribution in [1.82, 2.24) is 10.6 Å². The summed E-state index contributed by atoms with van der Waals surface area (Å²) in [4.78, 5) is 0. The van der Waals surface area contributed by atoms with E-state index in [-0.39, 0.29) is 30.1 Å². The average molecular weight is 291 g/mol. The van der Waals surface area contributed by atoms with Gasteiger partial charge in [-0.1, -0.05) is 13.8 Å². The van der Waals surface area contributed by atoms with Gasteiger partial charge in [0, 0.05) is 23.7 Å². The molecule has 19 heavy (non-hydrogen) atoms. The summed E-state index contributed by atoms with van der Waals surface area (Å²) >= 11 is 0. The first-order valence-electron chi connectivity index (χ1n) is 6.50. The van der Waals surface area contributed by atoms with Crippen LogP contribution in [0.15, 0.2) is 18.2 Å². The van der Waals surface area contributed by atoms with Crippen LogP contribution in [0.2, 0.25) is 0 Å². The Labute approximate surface area is 119 Å². The van der Waals surface area contributed by atoms with E-state index in [1.165, 1.54) is 12.1 Å². The van der Waals surface area contributed by atoms with E-state index in [4.69, 9.17) is 0 Å². The summed E-state index contributed by atoms with van der Waals surface area (Å²) in [7, 11) is 0. The zero-order valence-electron chi connectivity index (χ0n) is 11.2. The summed E-state index contributed by atoms with van der Waals surface area (Å²) < 4.78 is 26.9. The van der Waals surface area contributed by atoms with Crippen molar-refractivity contribution in [3.63, 3.8) is 0 Å². The van der Waals surface area contributed by atoms with Gasteiger partial charge in [0.15, 0.2) is 0 Å². The van der Waals surface area contributed by atoms with Crippen molar-refractivity contribution in [1.29, 1.82) is 0 Å². The molecule has 2 N–H and O–H groups in total. The molecule has 1 aromatic rings. The third-order valence-electron chi connectivity index (χ3n) is 3.31. The Balaban J connectivity index is 0.00000180. The molecular weight excluding hydrogens is 270 g/mol. The highest BCUT2D eigenvalue weighted by molar-refractivity contribution is 5.85. The molecule has 1 heterocycles. The Morgan fingerprint density at radius 2 is 2.05 bits per heavy atom. The standard InChI is InChI=1S/C14H20F2N2.ClH/c1-9(2)18-11-5-6-17-14(8-11)12-7-10(15)3-4-13(12)16;/h3-4,7,9,11,14,17-18H,5-6,8H2,1-2H3;1H/t11-,14+;/m1./s1. The molecule has 0 aliphatic carbocycles. The quantitative estimate of drug-likeness (QED) is 0.893. The van der Waals surface area contributed by atoms with Gasteiger partial charge in [-0.25, -0.2) is 8.78 Å². The van der Waals surface area contributed by atoms with E-state index < -0.39 is 0 Å². The third kappa shape index (κ3) is 4.41. The summed E-state index contributed by atoms with van der Waals surface area (Å²) in [6, 6.07) is 4.32. The average Bonchev–Trinajstić information content (AvgIpc) is 2.32. The number of rotatable bonds is 3. The highest BCUT2D eigenvalue weighted by atomic mass is 35.5. The molecule has 2 nitrogen and oxygen atoms in total. The SMILES string of the molecule is CC(C)N[C@@H]1CCN[C@H](c2cc(F)ccc2F)C1.Cl. The Bertz CT molecular complexity index is 412. The zero-order valence-corrected chi connectivity index (χ0v) is 12.1. The van der Waals surface area contributed by atoms with Crippen LogP contribution in [0, 0.1) is 11.6 Å². The number of piperidine rings is 1. The molecule has 0 bridgehead atoms. The van der Waals surface area contributed by atoms with Gasteiger partial charge in [-0.05, 0) is 37.6 Å². The van der Waals surface area contributed by atoms with Gasteiger partial charge in [-0.15, -0.1) is 12.4 Å². The van der Waals surface area contributed by atoms with Crippen molar-refractivity contribution in [3.8, 4) is 0 Å². The monoisotopic (exact) mass is 290 g/mol. The second-order valence-corrected chi connectivity index (χ2v) is 5.22. The first-order chi connectivity index (χ1) is 8.56. The number of halogens is 3. The van der Waals surface area contributed by atoms with Crippen LogP contribution in [0.5, 0.6) is 0 Å². The van der Waals surface area contributed by atoms with Crippen molar-refractivity contribution in [2.45, 2.75) is 44.8 Å². The van der Waals surface area contributed by atoms with E-state index in [0.717, 1.165) is 25.5 Å². The number of hydrogen-bond donors (Lipinski definition) is 2. The summed E-state index contributed by atoms with van der Waals surface area (Å²) in [5.41, 5.74) is 0.435. The molecule has 0 aromatic heterocycles. The predicted molar refractivity (Wildman–Crippen MR) is 75.6 cm³/mol. The molecule has 1 aromatic carbocycles. The molecule has 1 fully saturated rings. The second-order valence-electron chi connectivity index (χ2n) is 5.22. The van der Waals surface area contributed by atoms with Gasteiger partial charge >= 0.3 is 0 Å². The Morgan fingerprint density at radius 1 is 1.32 bits per heavy atom. The number of benzene rings is 1. The topological polar surface area (TPSA) is 24.1 Å². The maximum atomic E-state index is 13.7. The lowest BCUT2D eigenvalue weighted by Gasteiger charge is -2.32. The first kappa shape index (κ1) is 16.3. The summed E-state index contributed by atoms with van der Waals surface area (Å²) in [6.07, 6.45) is 1.81. The zero-order chi connectivity index (χ0) is 13.1. The molecule has 2 atom stereocenters. The fourth-order valence-corrected chi connectivity index (χ4v) is 2.56. The molecule has 108 valence electrons. The Kier molecular flexibility index (Phi) is 6.17. The molecule has 1 aliphatic rings. The van der Waals surface area contributed by atoms with E-state index in [1.807, 2.05) is 0 Å². The fraction of sp³-hybridized carbons (Fsp3) is 0.571. The van der Waals surface area contributed by atoms with Gasteiger partial charge in [0.2, 0.25) is 0 Å². The predicted octanol–water partition coefficient (Wildman–Crippen LogP) is 3.18. The molecule has 5 heteroatoms. The largest absolute Gasteiger partial charge is 0.312 e. The lowest BCUT2D eigenvalue weighted by molar-refractivity contribution is 0.303. The summed E-state index contributed by atoms with van der Waals surface area (Å²) in [5.74, 6) is -0.716. The second kappa shape index (κ2) is 7.17. The smallest absolute Gasteiger partial charge is 0.128 e. The van der Waals surface area contributed by atoms with Crippen LogP contribution in [-0.4, -0.2) is 18.6 Å². The highest BCUT2D eigenvalue weighted by Crippen LogP contribution is 2.26. The summed E-state index contributed by atoms with van der Waals surface area (Å²) in [6.45, 7) is 5.02. The lowest BCUT2D eigenvalue weighted by Crippen LogP contribution is -2.44. The van der Waals surface area contributed by atoms with Crippen LogP contribution in [0.3, 0.4) is 0 Å². The number of nitrogens with one attached hydrogen (secondary N) is 2. The third-order valence-corrected chi connectivity index (χ3v) is 3.31. The van der Waals surface area contributed by atoms with Crippen molar-refractivity contribution in [2.75, 3.05) is 6.54 Å². The van der Waals surface area contributed by atoms with Crippen molar-refractivity contribution in [2.24, 2.45) is 0 Å². The van der Waals surface area contributed by atoms with Crippen LogP contribution in [0.25, 0.3) is 0 Å². The van der Waals surface area contributed by atoms with Crippen LogP contribution < -0.4 is 10.6 Å². The van der Waals surface area contributed by atoms with Crippen LogP contribution in [0.1, 0.15) is 38.3 Å². The van der Waals surface area contributed by atoms with Crippen LogP contribution >= 0.6 is 12.4 Å². The van der Waals surface area contributed by atoms with Crippen molar-refractivity contribution < 1.29 is 8.78 Å². The minimum Gasteiger partial charge on any atom is -0.312 e. The van der Waals surface area contributed by atoms with Gasteiger partial charge in [-0.3, -0.25) is 0 Å². The van der Waals surface area contributed by atoms with Gasteiger partial charge in [0.25, 0.3) is 0 Å². The molecule has 2 rings (SSSR count). The van der Waals surface area contributed by atoms with Gasteiger partial charge in [-0.2, -0.15) is 0 Å². The Hall–Kier alpha value is -0.710. The van der Waals surface area contributed by atoms with Gasteiger partial charge in [0.1, 0.15) is 11.6 Å². The van der Waals surface area contributed by atoms with E-state index in [9.17, 15) is 8.78 Å². The molecule has 0 radical (unpaired) electrons. The van der Waals surface area contributed by atoms with E-state index >= 15 is 0 Å². The van der Waals surface area contributed by atoms with Gasteiger partial charge < -0.3 is 10.6 Å². The first-order valence-corrected chi connectivity index (χ1v) is 6.50. The molecule has 1 aliphatic heterocycles. The van der Waals surface area contributed by atoms with E-state index in [0.29, 0.717) is 17.6 Å². The van der Waals surface area contributed by atoms with E-state index in [1.54, 1.807) is 0 Å². The number of hydrogen-bond acceptors (Lipinski definition) is 2. The van der Waals surface area contributed by atoms with Gasteiger partial charge in [0.05, 0.1) is 0 Å². The molecule has 1 saturated heterocycles. The molecule has 0 unspecified atom stereocenters. The fourth-order valence-electron chi connectivity index (χ4n) is 2.56. The molecule has 0 amide bonds. The molecule has 0 spiro atoms. The van der Waals surface area contributed by atoms with E-state index in [2.05, 4.69) is 24.5 Å². The van der Waals surface area contributed by atoms with Crippen LogP contribution in [-0.2, 0) is 0 Å². The molecule has 0 saturated carbocycles.